The Bertz CT molecular complexity index is 855. The molecular formula is C22H29N5O2. The fourth-order valence-electron chi connectivity index (χ4n) is 4.42. The lowest BCUT2D eigenvalue weighted by atomic mass is 9.84. The Morgan fingerprint density at radius 3 is 2.48 bits per heavy atom. The van der Waals surface area contributed by atoms with E-state index >= 15 is 0 Å². The lowest BCUT2D eigenvalue weighted by molar-refractivity contribution is -0.133. The number of rotatable bonds is 5. The highest BCUT2D eigenvalue weighted by Crippen LogP contribution is 2.32. The first-order chi connectivity index (χ1) is 14.1. The Morgan fingerprint density at radius 1 is 1.07 bits per heavy atom. The normalized spacial score (nSPS) is 19.4. The van der Waals surface area contributed by atoms with Gasteiger partial charge >= 0.3 is 6.03 Å². The second-order valence-electron chi connectivity index (χ2n) is 8.30. The number of nitrogens with one attached hydrogen (secondary N) is 1. The number of benzene rings is 1. The molecule has 3 amide bonds. The largest absolute Gasteiger partial charge is 0.326 e. The fourth-order valence-corrected chi connectivity index (χ4v) is 4.42. The van der Waals surface area contributed by atoms with Crippen molar-refractivity contribution in [3.05, 3.63) is 48.3 Å². The van der Waals surface area contributed by atoms with Gasteiger partial charge in [0, 0.05) is 18.3 Å². The van der Waals surface area contributed by atoms with E-state index in [1.54, 1.807) is 0 Å². The minimum absolute atomic E-state index is 0.0590. The van der Waals surface area contributed by atoms with Gasteiger partial charge in [0.25, 0.3) is 5.91 Å². The second-order valence-corrected chi connectivity index (χ2v) is 8.30. The maximum Gasteiger partial charge on any atom is 0.326 e. The van der Waals surface area contributed by atoms with Crippen LogP contribution in [0.4, 0.5) is 4.79 Å². The molecule has 2 fully saturated rings. The van der Waals surface area contributed by atoms with Crippen molar-refractivity contribution in [2.75, 3.05) is 13.7 Å². The van der Waals surface area contributed by atoms with Crippen LogP contribution in [0.5, 0.6) is 0 Å². The van der Waals surface area contributed by atoms with E-state index in [1.807, 2.05) is 59.4 Å². The van der Waals surface area contributed by atoms with Crippen molar-refractivity contribution >= 4 is 11.9 Å². The van der Waals surface area contributed by atoms with Crippen molar-refractivity contribution in [1.29, 1.82) is 0 Å². The molecule has 2 heterocycles. The summed E-state index contributed by atoms with van der Waals surface area (Å²) in [4.78, 5) is 29.1. The van der Waals surface area contributed by atoms with Gasteiger partial charge in [-0.1, -0.05) is 50.3 Å². The molecule has 7 nitrogen and oxygen atoms in total. The molecule has 1 saturated carbocycles. The number of amides is 3. The molecule has 1 saturated heterocycles. The Balaban J connectivity index is 1.39. The number of hydrogen-bond acceptors (Lipinski definition) is 4. The molecule has 0 bridgehead atoms. The summed E-state index contributed by atoms with van der Waals surface area (Å²) in [6.45, 7) is 0.889. The molecule has 1 aromatic heterocycles. The molecule has 2 aliphatic rings. The number of urea groups is 1. The van der Waals surface area contributed by atoms with Crippen LogP contribution < -0.4 is 5.32 Å². The van der Waals surface area contributed by atoms with Crippen LogP contribution in [-0.4, -0.2) is 50.8 Å². The van der Waals surface area contributed by atoms with Gasteiger partial charge in [-0.25, -0.2) is 14.4 Å². The van der Waals surface area contributed by atoms with E-state index in [0.29, 0.717) is 6.54 Å². The Morgan fingerprint density at radius 2 is 1.76 bits per heavy atom. The summed E-state index contributed by atoms with van der Waals surface area (Å²) in [5.41, 5.74) is 1.35. The molecule has 154 valence electrons. The third kappa shape index (κ3) is 4.19. The molecule has 1 spiro atoms. The minimum Gasteiger partial charge on any atom is -0.323 e. The van der Waals surface area contributed by atoms with Crippen molar-refractivity contribution in [3.63, 3.8) is 0 Å². The summed E-state index contributed by atoms with van der Waals surface area (Å²) in [6.07, 6.45) is 10.8. The Hall–Kier alpha value is -2.67. The van der Waals surface area contributed by atoms with Crippen molar-refractivity contribution < 1.29 is 9.59 Å². The molecule has 1 N–H and O–H groups in total. The van der Waals surface area contributed by atoms with Gasteiger partial charge in [-0.15, -0.1) is 0 Å². The molecule has 4 rings (SSSR count). The van der Waals surface area contributed by atoms with Gasteiger partial charge in [-0.3, -0.25) is 9.69 Å². The summed E-state index contributed by atoms with van der Waals surface area (Å²) in [5, 5.41) is 7.45. The van der Waals surface area contributed by atoms with Gasteiger partial charge in [0.1, 0.15) is 5.54 Å². The van der Waals surface area contributed by atoms with E-state index in [9.17, 15) is 9.59 Å². The van der Waals surface area contributed by atoms with E-state index in [-0.39, 0.29) is 18.6 Å². The molecule has 0 atom stereocenters. The highest BCUT2D eigenvalue weighted by atomic mass is 16.2. The molecule has 1 aromatic carbocycles. The number of carbonyl (C=O) groups excluding carboxylic acids is 2. The first kappa shape index (κ1) is 19.6. The van der Waals surface area contributed by atoms with E-state index in [2.05, 4.69) is 10.4 Å². The van der Waals surface area contributed by atoms with Gasteiger partial charge in [0.05, 0.1) is 18.6 Å². The predicted molar refractivity (Wildman–Crippen MR) is 110 cm³/mol. The molecule has 7 heteroatoms. The van der Waals surface area contributed by atoms with Gasteiger partial charge in [-0.05, 0) is 32.0 Å². The quantitative estimate of drug-likeness (QED) is 0.789. The Kier molecular flexibility index (Phi) is 5.67. The van der Waals surface area contributed by atoms with Crippen LogP contribution in [-0.2, 0) is 11.3 Å². The summed E-state index contributed by atoms with van der Waals surface area (Å²) in [5.74, 6) is -0.0590. The van der Waals surface area contributed by atoms with E-state index in [4.69, 9.17) is 0 Å². The zero-order chi connectivity index (χ0) is 20.3. The van der Waals surface area contributed by atoms with Crippen LogP contribution >= 0.6 is 0 Å². The molecular weight excluding hydrogens is 366 g/mol. The van der Waals surface area contributed by atoms with Crippen LogP contribution in [0.3, 0.4) is 0 Å². The zero-order valence-corrected chi connectivity index (χ0v) is 17.0. The number of hydrogen-bond donors (Lipinski definition) is 1. The van der Waals surface area contributed by atoms with Crippen molar-refractivity contribution in [2.24, 2.45) is 0 Å². The third-order valence-corrected chi connectivity index (χ3v) is 5.95. The molecule has 1 aliphatic carbocycles. The Labute approximate surface area is 171 Å². The van der Waals surface area contributed by atoms with Crippen LogP contribution in [0.15, 0.2) is 42.7 Å². The number of aromatic nitrogens is 2. The monoisotopic (exact) mass is 395 g/mol. The smallest absolute Gasteiger partial charge is 0.323 e. The van der Waals surface area contributed by atoms with Gasteiger partial charge < -0.3 is 5.32 Å². The highest BCUT2D eigenvalue weighted by molar-refractivity contribution is 6.07. The highest BCUT2D eigenvalue weighted by Gasteiger charge is 2.50. The minimum atomic E-state index is -0.684. The predicted octanol–water partition coefficient (Wildman–Crippen LogP) is 3.30. The van der Waals surface area contributed by atoms with Crippen LogP contribution in [0, 0.1) is 0 Å². The van der Waals surface area contributed by atoms with Crippen LogP contribution in [0.25, 0.3) is 5.69 Å². The maximum atomic E-state index is 13.1. The molecule has 29 heavy (non-hydrogen) atoms. The second kappa shape index (κ2) is 8.37. The summed E-state index contributed by atoms with van der Waals surface area (Å²) < 4.78 is 1.83. The standard InChI is InChI=1S/C22H29N5O2/c1-25(15-18-14-23-27(16-18)19-10-6-5-7-11-19)17-26-20(28)22(24-21(26)29)12-8-3-2-4-9-13-22/h5-7,10-11,14,16H,2-4,8-9,12-13,15,17H2,1H3,(H,24,29). The molecule has 0 radical (unpaired) electrons. The average Bonchev–Trinajstić information content (AvgIpc) is 3.25. The van der Waals surface area contributed by atoms with Crippen molar-refractivity contribution in [3.8, 4) is 5.69 Å². The van der Waals surface area contributed by atoms with E-state index < -0.39 is 5.54 Å². The molecule has 0 unspecified atom stereocenters. The van der Waals surface area contributed by atoms with E-state index in [0.717, 1.165) is 49.8 Å². The zero-order valence-electron chi connectivity index (χ0n) is 17.0. The van der Waals surface area contributed by atoms with Gasteiger partial charge in [0.2, 0.25) is 0 Å². The van der Waals surface area contributed by atoms with Crippen LogP contribution in [0.1, 0.15) is 50.5 Å². The topological polar surface area (TPSA) is 70.5 Å². The van der Waals surface area contributed by atoms with Gasteiger partial charge in [0.15, 0.2) is 0 Å². The number of para-hydroxylation sites is 1. The van der Waals surface area contributed by atoms with Crippen molar-refractivity contribution in [1.82, 2.24) is 24.9 Å². The first-order valence-electron chi connectivity index (χ1n) is 10.5. The lowest BCUT2D eigenvalue weighted by Crippen LogP contribution is -2.48. The van der Waals surface area contributed by atoms with E-state index in [1.165, 1.54) is 11.3 Å². The third-order valence-electron chi connectivity index (χ3n) is 5.95. The fraction of sp³-hybridized carbons (Fsp3) is 0.500. The number of carbonyl (C=O) groups is 2. The first-order valence-corrected chi connectivity index (χ1v) is 10.5. The lowest BCUT2D eigenvalue weighted by Gasteiger charge is -2.29. The molecule has 2 aromatic rings. The summed E-state index contributed by atoms with van der Waals surface area (Å²) >= 11 is 0. The summed E-state index contributed by atoms with van der Waals surface area (Å²) in [6, 6.07) is 9.67. The number of nitrogens with zero attached hydrogens (tertiary/aromatic N) is 4. The maximum absolute atomic E-state index is 13.1. The number of imide groups is 1. The summed E-state index contributed by atoms with van der Waals surface area (Å²) in [7, 11) is 1.92. The SMILES string of the molecule is CN(Cc1cnn(-c2ccccc2)c1)CN1C(=O)NC2(CCCCCCC2)C1=O. The van der Waals surface area contributed by atoms with Gasteiger partial charge in [-0.2, -0.15) is 5.10 Å². The van der Waals surface area contributed by atoms with Crippen LogP contribution in [0.2, 0.25) is 0 Å². The molecule has 1 aliphatic heterocycles. The average molecular weight is 396 g/mol. The van der Waals surface area contributed by atoms with Crippen molar-refractivity contribution in [2.45, 2.75) is 57.0 Å².